The lowest BCUT2D eigenvalue weighted by Gasteiger charge is -2.18. The molecule has 0 atom stereocenters. The average Bonchev–Trinajstić information content (AvgIpc) is 3.48. The first kappa shape index (κ1) is 26.2. The molecular formula is C25H21F3N6O4S. The van der Waals surface area contributed by atoms with Crippen LogP contribution in [0.2, 0.25) is 0 Å². The zero-order valence-corrected chi connectivity index (χ0v) is 21.7. The van der Waals surface area contributed by atoms with E-state index in [4.69, 9.17) is 5.10 Å². The minimum Gasteiger partial charge on any atom is -0.453 e. The minimum absolute atomic E-state index is 0.0135. The van der Waals surface area contributed by atoms with Crippen LogP contribution in [0, 0.1) is 0 Å². The highest BCUT2D eigenvalue weighted by Gasteiger charge is 2.35. The number of hydrogen-bond acceptors (Lipinski definition) is 8. The molecule has 0 radical (unpaired) electrons. The first-order valence-corrected chi connectivity index (χ1v) is 12.4. The summed E-state index contributed by atoms with van der Waals surface area (Å²) >= 11 is 1.15. The number of aryl methyl sites for hydroxylation is 1. The van der Waals surface area contributed by atoms with Gasteiger partial charge in [0.2, 0.25) is 0 Å². The van der Waals surface area contributed by atoms with E-state index in [2.05, 4.69) is 24.8 Å². The highest BCUT2D eigenvalue weighted by Crippen LogP contribution is 2.45. The molecule has 3 aromatic heterocycles. The molecule has 0 saturated carbocycles. The summed E-state index contributed by atoms with van der Waals surface area (Å²) in [6.45, 7) is 0. The number of pyridine rings is 1. The van der Waals surface area contributed by atoms with Crippen molar-refractivity contribution in [2.24, 2.45) is 0 Å². The molecule has 1 N–H and O–H groups in total. The Morgan fingerprint density at radius 1 is 1.18 bits per heavy atom. The van der Waals surface area contributed by atoms with Crippen molar-refractivity contribution in [2.45, 2.75) is 19.2 Å². The Labute approximate surface area is 224 Å². The second kappa shape index (κ2) is 10.0. The lowest BCUT2D eigenvalue weighted by atomic mass is 9.95. The van der Waals surface area contributed by atoms with Gasteiger partial charge in [-0.15, -0.1) is 13.2 Å². The molecule has 1 aliphatic rings. The predicted octanol–water partition coefficient (Wildman–Crippen LogP) is 4.94. The Bertz CT molecular complexity index is 1570. The number of fused-ring (bicyclic) bond motifs is 3. The number of thiazole rings is 1. The van der Waals surface area contributed by atoms with E-state index < -0.39 is 24.1 Å². The van der Waals surface area contributed by atoms with Crippen LogP contribution in [0.4, 0.5) is 23.1 Å². The molecule has 0 fully saturated rings. The van der Waals surface area contributed by atoms with Crippen molar-refractivity contribution < 1.29 is 32.2 Å². The summed E-state index contributed by atoms with van der Waals surface area (Å²) in [6, 6.07) is 7.36. The molecule has 4 aromatic rings. The van der Waals surface area contributed by atoms with Crippen LogP contribution in [0.1, 0.15) is 21.6 Å². The van der Waals surface area contributed by atoms with Crippen molar-refractivity contribution in [1.82, 2.24) is 24.6 Å². The topological polar surface area (TPSA) is 111 Å². The third-order valence-electron chi connectivity index (χ3n) is 5.90. The van der Waals surface area contributed by atoms with Crippen LogP contribution >= 0.6 is 11.3 Å². The third-order valence-corrected chi connectivity index (χ3v) is 6.92. The maximum absolute atomic E-state index is 13.5. The van der Waals surface area contributed by atoms with Gasteiger partial charge in [-0.25, -0.2) is 14.5 Å². The second-order valence-electron chi connectivity index (χ2n) is 8.67. The van der Waals surface area contributed by atoms with Gasteiger partial charge in [-0.3, -0.25) is 15.1 Å². The SMILES string of the molecule is COC(=O)Nc1nc2c(s1)-c1c(c(-c3cccnc3)nn1-c1ccc(C(=O)N(C)C)cc1OC(F)(F)F)CC2. The standard InChI is InChI=1S/C25H21F3N6O4S/c1-33(2)22(35)13-6-9-17(18(11-13)38-25(26,27)28)34-20-15(19(32-34)14-5-4-10-29-12-14)7-8-16-21(20)39-23(30-16)31-24(36)37-3/h4-6,9-12H,7-8H2,1-3H3,(H,30,31,36). The molecule has 0 unspecified atom stereocenters. The number of aromatic nitrogens is 4. The van der Waals surface area contributed by atoms with Gasteiger partial charge in [0.1, 0.15) is 5.69 Å². The number of nitrogens with zero attached hydrogens (tertiary/aromatic N) is 5. The summed E-state index contributed by atoms with van der Waals surface area (Å²) in [7, 11) is 4.22. The average molecular weight is 559 g/mol. The normalized spacial score (nSPS) is 12.4. The number of hydrogen-bond donors (Lipinski definition) is 1. The van der Waals surface area contributed by atoms with Gasteiger partial charge in [0.25, 0.3) is 5.91 Å². The van der Waals surface area contributed by atoms with E-state index >= 15 is 0 Å². The number of benzene rings is 1. The van der Waals surface area contributed by atoms with Crippen molar-refractivity contribution in [2.75, 3.05) is 26.5 Å². The Morgan fingerprint density at radius 3 is 2.64 bits per heavy atom. The second-order valence-corrected chi connectivity index (χ2v) is 9.67. The maximum atomic E-state index is 13.5. The third kappa shape index (κ3) is 5.14. The molecule has 39 heavy (non-hydrogen) atoms. The molecule has 0 aliphatic heterocycles. The van der Waals surface area contributed by atoms with Crippen LogP contribution in [-0.2, 0) is 17.6 Å². The van der Waals surface area contributed by atoms with Crippen molar-refractivity contribution >= 4 is 28.5 Å². The van der Waals surface area contributed by atoms with Crippen LogP contribution in [0.25, 0.3) is 27.5 Å². The smallest absolute Gasteiger partial charge is 0.453 e. The van der Waals surface area contributed by atoms with Gasteiger partial charge in [0.05, 0.1) is 29.1 Å². The van der Waals surface area contributed by atoms with E-state index in [0.29, 0.717) is 40.4 Å². The van der Waals surface area contributed by atoms with Crippen molar-refractivity contribution in [3.63, 3.8) is 0 Å². The molecule has 1 aromatic carbocycles. The summed E-state index contributed by atoms with van der Waals surface area (Å²) in [6.07, 6.45) is -1.50. The lowest BCUT2D eigenvalue weighted by molar-refractivity contribution is -0.274. The molecule has 0 saturated heterocycles. The fraction of sp³-hybridized carbons (Fsp3) is 0.240. The summed E-state index contributed by atoms with van der Waals surface area (Å²) in [4.78, 5) is 34.8. The number of methoxy groups -OCH3 is 1. The van der Waals surface area contributed by atoms with Crippen LogP contribution in [-0.4, -0.2) is 64.2 Å². The number of alkyl halides is 3. The predicted molar refractivity (Wildman–Crippen MR) is 136 cm³/mol. The molecule has 14 heteroatoms. The van der Waals surface area contributed by atoms with E-state index in [0.717, 1.165) is 23.0 Å². The first-order chi connectivity index (χ1) is 18.6. The van der Waals surface area contributed by atoms with Gasteiger partial charge in [-0.05, 0) is 43.2 Å². The van der Waals surface area contributed by atoms with Crippen LogP contribution in [0.15, 0.2) is 42.7 Å². The number of carbonyl (C=O) groups is 2. The number of anilines is 1. The zero-order valence-electron chi connectivity index (χ0n) is 20.9. The molecule has 5 rings (SSSR count). The van der Waals surface area contributed by atoms with Crippen molar-refractivity contribution in [1.29, 1.82) is 0 Å². The summed E-state index contributed by atoms with van der Waals surface area (Å²) in [5.41, 5.74) is 3.12. The monoisotopic (exact) mass is 558 g/mol. The Hall–Kier alpha value is -4.46. The van der Waals surface area contributed by atoms with Gasteiger partial charge >= 0.3 is 12.5 Å². The van der Waals surface area contributed by atoms with Crippen molar-refractivity contribution in [3.8, 4) is 33.3 Å². The molecular weight excluding hydrogens is 537 g/mol. The zero-order chi connectivity index (χ0) is 27.9. The van der Waals surface area contributed by atoms with Crippen molar-refractivity contribution in [3.05, 3.63) is 59.5 Å². The van der Waals surface area contributed by atoms with E-state index in [1.807, 2.05) is 0 Å². The lowest BCUT2D eigenvalue weighted by Crippen LogP contribution is -2.23. The maximum Gasteiger partial charge on any atom is 0.573 e. The Kier molecular flexibility index (Phi) is 6.72. The summed E-state index contributed by atoms with van der Waals surface area (Å²) in [5.74, 6) is -1.09. The highest BCUT2D eigenvalue weighted by molar-refractivity contribution is 7.19. The molecule has 202 valence electrons. The Balaban J connectivity index is 1.74. The van der Waals surface area contributed by atoms with E-state index in [1.54, 1.807) is 24.5 Å². The number of halogens is 3. The minimum atomic E-state index is -5.03. The highest BCUT2D eigenvalue weighted by atomic mass is 32.1. The molecule has 3 heterocycles. The van der Waals surface area contributed by atoms with Gasteiger partial charge in [0.15, 0.2) is 10.9 Å². The molecule has 0 bridgehead atoms. The van der Waals surface area contributed by atoms with Gasteiger partial charge in [-0.1, -0.05) is 11.3 Å². The van der Waals surface area contributed by atoms with Gasteiger partial charge in [0, 0.05) is 43.2 Å². The largest absolute Gasteiger partial charge is 0.573 e. The van der Waals surface area contributed by atoms with Crippen LogP contribution < -0.4 is 10.1 Å². The number of nitrogens with one attached hydrogen (secondary N) is 1. The van der Waals surface area contributed by atoms with Gasteiger partial charge in [-0.2, -0.15) is 5.10 Å². The molecule has 1 aliphatic carbocycles. The molecule has 2 amide bonds. The van der Waals surface area contributed by atoms with E-state index in [1.165, 1.54) is 42.9 Å². The summed E-state index contributed by atoms with van der Waals surface area (Å²) < 4.78 is 51.0. The summed E-state index contributed by atoms with van der Waals surface area (Å²) in [5, 5.41) is 7.53. The molecule has 10 nitrogen and oxygen atoms in total. The fourth-order valence-corrected chi connectivity index (χ4v) is 5.31. The van der Waals surface area contributed by atoms with E-state index in [-0.39, 0.29) is 16.4 Å². The first-order valence-electron chi connectivity index (χ1n) is 11.5. The van der Waals surface area contributed by atoms with E-state index in [9.17, 15) is 22.8 Å². The number of ether oxygens (including phenoxy) is 2. The quantitative estimate of drug-likeness (QED) is 0.370. The fourth-order valence-electron chi connectivity index (χ4n) is 4.26. The molecule has 0 spiro atoms. The van der Waals surface area contributed by atoms with Crippen LogP contribution in [0.5, 0.6) is 5.75 Å². The number of rotatable bonds is 5. The number of amides is 2. The number of carbonyl (C=O) groups excluding carboxylic acids is 2. The Morgan fingerprint density at radius 2 is 1.97 bits per heavy atom. The van der Waals surface area contributed by atoms with Gasteiger partial charge < -0.3 is 14.4 Å². The van der Waals surface area contributed by atoms with Crippen LogP contribution in [0.3, 0.4) is 0 Å².